The van der Waals surface area contributed by atoms with Crippen molar-refractivity contribution in [1.82, 2.24) is 0 Å². The van der Waals surface area contributed by atoms with Gasteiger partial charge in [-0.25, -0.2) is 0 Å². The fraction of sp³-hybridized carbons (Fsp3) is 0.288. The predicted octanol–water partition coefficient (Wildman–Crippen LogP) is 14.7. The van der Waals surface area contributed by atoms with Crippen molar-refractivity contribution in [2.24, 2.45) is 29.1 Å². The first kappa shape index (κ1) is 36.9. The van der Waals surface area contributed by atoms with Crippen LogP contribution in [-0.2, 0) is 0 Å². The predicted molar refractivity (Wildman–Crippen MR) is 256 cm³/mol. The van der Waals surface area contributed by atoms with Crippen LogP contribution in [0.15, 0.2) is 216 Å². The lowest BCUT2D eigenvalue weighted by atomic mass is 9.58. The van der Waals surface area contributed by atoms with E-state index in [1.807, 2.05) is 0 Å². The molecule has 1 fully saturated rings. The van der Waals surface area contributed by atoms with Gasteiger partial charge < -0.3 is 9.80 Å². The van der Waals surface area contributed by atoms with E-state index in [4.69, 9.17) is 0 Å². The lowest BCUT2D eigenvalue weighted by Crippen LogP contribution is -2.45. The minimum absolute atomic E-state index is 0.0141. The molecule has 1 saturated carbocycles. The summed E-state index contributed by atoms with van der Waals surface area (Å²) >= 11 is 0. The van der Waals surface area contributed by atoms with E-state index in [0.29, 0.717) is 29.7 Å². The third-order valence-corrected chi connectivity index (χ3v) is 15.7. The Morgan fingerprint density at radius 2 is 1.49 bits per heavy atom. The summed E-state index contributed by atoms with van der Waals surface area (Å²) in [5, 5.41) is 2.66. The molecule has 1 spiro atoms. The van der Waals surface area contributed by atoms with Gasteiger partial charge in [0, 0.05) is 39.5 Å². The first-order chi connectivity index (χ1) is 30.3. The molecule has 7 atom stereocenters. The van der Waals surface area contributed by atoms with Crippen LogP contribution in [0.4, 0.5) is 11.4 Å². The summed E-state index contributed by atoms with van der Waals surface area (Å²) in [6, 6.07) is 36.9. The smallest absolute Gasteiger partial charge is 0.0520 e. The summed E-state index contributed by atoms with van der Waals surface area (Å²) in [6.07, 6.45) is 46.6. The monoisotopic (exact) mass is 792 g/mol. The van der Waals surface area contributed by atoms with Crippen molar-refractivity contribution in [1.29, 1.82) is 0 Å². The average molecular weight is 793 g/mol. The largest absolute Gasteiger partial charge is 0.357 e. The van der Waals surface area contributed by atoms with Crippen LogP contribution in [0.5, 0.6) is 0 Å². The van der Waals surface area contributed by atoms with Gasteiger partial charge in [-0.15, -0.1) is 0 Å². The molecule has 4 aromatic rings. The number of fused-ring (bicyclic) bond motifs is 9. The van der Waals surface area contributed by atoms with Gasteiger partial charge in [-0.1, -0.05) is 163 Å². The van der Waals surface area contributed by atoms with Crippen molar-refractivity contribution in [3.8, 4) is 11.1 Å². The summed E-state index contributed by atoms with van der Waals surface area (Å²) in [5.41, 5.74) is 14.8. The number of hydrogen-bond acceptors (Lipinski definition) is 2. The fourth-order valence-electron chi connectivity index (χ4n) is 13.5. The van der Waals surface area contributed by atoms with Gasteiger partial charge in [0.2, 0.25) is 0 Å². The normalized spacial score (nSPS) is 29.4. The van der Waals surface area contributed by atoms with Crippen molar-refractivity contribution >= 4 is 22.1 Å². The van der Waals surface area contributed by atoms with Gasteiger partial charge in [0.15, 0.2) is 0 Å². The SMILES string of the molecule is C1=CCC(N(c2cccc3ccccc23)C2C=CC3=C(C2)C2(C4=C3C=CCC4)C3C=CC=C(N(C4=CCCCC4)c4cccc(-c5ccccc5)c4)C3C3C=CCCC32)C=C1. The maximum atomic E-state index is 2.80. The zero-order valence-electron chi connectivity index (χ0n) is 35.3. The van der Waals surface area contributed by atoms with Gasteiger partial charge in [-0.3, -0.25) is 0 Å². The molecule has 0 aromatic heterocycles. The third-order valence-electron chi connectivity index (χ3n) is 15.7. The van der Waals surface area contributed by atoms with Crippen LogP contribution in [0.1, 0.15) is 64.2 Å². The number of hydrogen-bond donors (Lipinski definition) is 0. The maximum Gasteiger partial charge on any atom is 0.0520 e. The first-order valence-electron chi connectivity index (χ1n) is 23.4. The number of allylic oxidation sites excluding steroid dienone is 16. The molecule has 8 aliphatic rings. The van der Waals surface area contributed by atoms with Gasteiger partial charge in [0.1, 0.15) is 0 Å². The number of nitrogens with zero attached hydrogens (tertiary/aromatic N) is 2. The molecule has 12 rings (SSSR count). The van der Waals surface area contributed by atoms with E-state index in [2.05, 4.69) is 192 Å². The van der Waals surface area contributed by atoms with Crippen LogP contribution in [0.25, 0.3) is 21.9 Å². The van der Waals surface area contributed by atoms with Crippen LogP contribution in [0.3, 0.4) is 0 Å². The van der Waals surface area contributed by atoms with E-state index in [1.165, 1.54) is 70.4 Å². The van der Waals surface area contributed by atoms with Gasteiger partial charge in [-0.05, 0) is 139 Å². The van der Waals surface area contributed by atoms with E-state index < -0.39 is 0 Å². The molecule has 4 aromatic carbocycles. The topological polar surface area (TPSA) is 6.48 Å². The van der Waals surface area contributed by atoms with E-state index in [1.54, 1.807) is 22.3 Å². The molecule has 0 saturated heterocycles. The molecule has 0 radical (unpaired) electrons. The summed E-state index contributed by atoms with van der Waals surface area (Å²) in [7, 11) is 0. The molecule has 7 unspecified atom stereocenters. The van der Waals surface area contributed by atoms with E-state index in [0.717, 1.165) is 38.5 Å². The second-order valence-electron chi connectivity index (χ2n) is 18.7. The highest BCUT2D eigenvalue weighted by molar-refractivity contribution is 5.95. The molecule has 2 nitrogen and oxygen atoms in total. The lowest BCUT2D eigenvalue weighted by Gasteiger charge is -2.47. The van der Waals surface area contributed by atoms with Crippen LogP contribution in [-0.4, -0.2) is 12.1 Å². The second kappa shape index (κ2) is 15.2. The summed E-state index contributed by atoms with van der Waals surface area (Å²) in [5.74, 6) is 1.78. The molecular formula is C59H56N2. The number of rotatable bonds is 7. The molecule has 0 N–H and O–H groups in total. The summed E-state index contributed by atoms with van der Waals surface area (Å²) in [4.78, 5) is 5.55. The minimum atomic E-state index is -0.0141. The van der Waals surface area contributed by atoms with Crippen molar-refractivity contribution in [2.75, 3.05) is 9.80 Å². The molecular weight excluding hydrogens is 737 g/mol. The Morgan fingerprint density at radius 3 is 2.39 bits per heavy atom. The number of anilines is 2. The Balaban J connectivity index is 1.00. The van der Waals surface area contributed by atoms with Crippen LogP contribution < -0.4 is 9.80 Å². The Bertz CT molecular complexity index is 2700. The lowest BCUT2D eigenvalue weighted by molar-refractivity contribution is 0.220. The van der Waals surface area contributed by atoms with Gasteiger partial charge in [-0.2, -0.15) is 0 Å². The minimum Gasteiger partial charge on any atom is -0.357 e. The highest BCUT2D eigenvalue weighted by atomic mass is 15.2. The molecule has 61 heavy (non-hydrogen) atoms. The first-order valence-corrected chi connectivity index (χ1v) is 23.4. The fourth-order valence-corrected chi connectivity index (χ4v) is 13.5. The highest BCUT2D eigenvalue weighted by Gasteiger charge is 2.66. The summed E-state index contributed by atoms with van der Waals surface area (Å²) in [6.45, 7) is 0. The summed E-state index contributed by atoms with van der Waals surface area (Å²) < 4.78 is 0. The molecule has 0 heterocycles. The van der Waals surface area contributed by atoms with Crippen molar-refractivity contribution in [3.63, 3.8) is 0 Å². The molecule has 302 valence electrons. The third kappa shape index (κ3) is 5.89. The Morgan fingerprint density at radius 1 is 0.623 bits per heavy atom. The molecule has 0 bridgehead atoms. The quantitative estimate of drug-likeness (QED) is 0.172. The van der Waals surface area contributed by atoms with Crippen molar-refractivity contribution in [2.45, 2.75) is 76.3 Å². The maximum absolute atomic E-state index is 2.80. The highest BCUT2D eigenvalue weighted by Crippen LogP contribution is 2.73. The van der Waals surface area contributed by atoms with Crippen LogP contribution in [0, 0.1) is 29.1 Å². The Labute approximate surface area is 362 Å². The van der Waals surface area contributed by atoms with E-state index in [9.17, 15) is 0 Å². The van der Waals surface area contributed by atoms with Crippen molar-refractivity contribution < 1.29 is 0 Å². The average Bonchev–Trinajstić information content (AvgIpc) is 3.80. The van der Waals surface area contributed by atoms with Crippen LogP contribution in [0.2, 0.25) is 0 Å². The van der Waals surface area contributed by atoms with E-state index in [-0.39, 0.29) is 11.5 Å². The molecule has 8 aliphatic carbocycles. The molecule has 2 heteroatoms. The number of benzene rings is 4. The zero-order chi connectivity index (χ0) is 40.3. The van der Waals surface area contributed by atoms with Gasteiger partial charge >= 0.3 is 0 Å². The van der Waals surface area contributed by atoms with Gasteiger partial charge in [0.25, 0.3) is 0 Å². The zero-order valence-corrected chi connectivity index (χ0v) is 35.3. The van der Waals surface area contributed by atoms with Crippen LogP contribution >= 0.6 is 0 Å². The van der Waals surface area contributed by atoms with Gasteiger partial charge in [0.05, 0.1) is 12.1 Å². The molecule has 0 amide bonds. The van der Waals surface area contributed by atoms with E-state index >= 15 is 0 Å². The second-order valence-corrected chi connectivity index (χ2v) is 18.7. The van der Waals surface area contributed by atoms with Crippen molar-refractivity contribution in [3.05, 3.63) is 216 Å². The Hall–Kier alpha value is -5.86. The standard InChI is InChI=1S/C59H56N2/c1-4-19-41(20-5-1)43-23-16-28-46(39-43)61(45-26-8-3-9-27-45)57-36-18-34-54-58(57)51-31-13-15-33-53(51)59(54)52-32-14-12-30-49(52)50-38-37-47(40-55(50)59)60(44-24-6-2-7-25-44)56-35-17-22-42-21-10-11-29-48(42)56/h1-2,4-7,10-13,16-24,26,28-31,34-39,44,47,51,53-54,58H,3,8-9,14-15,25,27,32-33,40H2. The molecule has 0 aliphatic heterocycles. The Kier molecular flexibility index (Phi) is 9.23.